The SMILES string of the molecule is O=C(c1cc(O)ccc1O)N1CCC(CCl)CC1. The van der Waals surface area contributed by atoms with Crippen LogP contribution in [0.2, 0.25) is 0 Å². The molecule has 1 fully saturated rings. The zero-order valence-corrected chi connectivity index (χ0v) is 10.7. The molecule has 18 heavy (non-hydrogen) atoms. The zero-order chi connectivity index (χ0) is 13.1. The number of hydrogen-bond acceptors (Lipinski definition) is 3. The van der Waals surface area contributed by atoms with Crippen molar-refractivity contribution in [1.82, 2.24) is 4.90 Å². The molecule has 0 bridgehead atoms. The summed E-state index contributed by atoms with van der Waals surface area (Å²) in [5, 5.41) is 19.0. The third kappa shape index (κ3) is 2.70. The van der Waals surface area contributed by atoms with E-state index in [9.17, 15) is 15.0 Å². The minimum absolute atomic E-state index is 0.0215. The van der Waals surface area contributed by atoms with E-state index in [4.69, 9.17) is 11.6 Å². The van der Waals surface area contributed by atoms with Crippen molar-refractivity contribution < 1.29 is 15.0 Å². The van der Waals surface area contributed by atoms with Crippen LogP contribution >= 0.6 is 11.6 Å². The van der Waals surface area contributed by atoms with Crippen molar-refractivity contribution in [2.24, 2.45) is 5.92 Å². The van der Waals surface area contributed by atoms with E-state index in [1.54, 1.807) is 4.90 Å². The summed E-state index contributed by atoms with van der Waals surface area (Å²) in [6.45, 7) is 1.29. The van der Waals surface area contributed by atoms with Crippen LogP contribution in [0.15, 0.2) is 18.2 Å². The summed E-state index contributed by atoms with van der Waals surface area (Å²) in [5.41, 5.74) is 0.152. The van der Waals surface area contributed by atoms with E-state index in [2.05, 4.69) is 0 Å². The second-order valence-electron chi connectivity index (χ2n) is 4.59. The molecule has 98 valence electrons. The molecule has 0 aromatic heterocycles. The lowest BCUT2D eigenvalue weighted by Gasteiger charge is -2.31. The van der Waals surface area contributed by atoms with Gasteiger partial charge in [-0.3, -0.25) is 4.79 Å². The van der Waals surface area contributed by atoms with Crippen molar-refractivity contribution >= 4 is 17.5 Å². The number of hydrogen-bond donors (Lipinski definition) is 2. The Balaban J connectivity index is 2.10. The standard InChI is InChI=1S/C13H16ClNO3/c14-8-9-3-5-15(6-4-9)13(18)11-7-10(16)1-2-12(11)17/h1-2,7,9,16-17H,3-6,8H2. The highest BCUT2D eigenvalue weighted by Gasteiger charge is 2.24. The van der Waals surface area contributed by atoms with E-state index in [0.29, 0.717) is 24.9 Å². The molecule has 1 aromatic rings. The number of aromatic hydroxyl groups is 2. The van der Waals surface area contributed by atoms with Crippen LogP contribution in [-0.4, -0.2) is 40.0 Å². The summed E-state index contributed by atoms with van der Waals surface area (Å²) >= 11 is 5.79. The highest BCUT2D eigenvalue weighted by molar-refractivity contribution is 6.18. The number of phenols is 2. The quantitative estimate of drug-likeness (QED) is 0.639. The van der Waals surface area contributed by atoms with Crippen LogP contribution in [0.5, 0.6) is 11.5 Å². The molecule has 1 heterocycles. The first kappa shape index (κ1) is 13.0. The molecular formula is C13H16ClNO3. The number of phenolic OH excluding ortho intramolecular Hbond substituents is 2. The molecule has 1 saturated heterocycles. The largest absolute Gasteiger partial charge is 0.508 e. The van der Waals surface area contributed by atoms with E-state index in [-0.39, 0.29) is 23.0 Å². The third-order valence-corrected chi connectivity index (χ3v) is 3.77. The Hall–Kier alpha value is -1.42. The number of rotatable bonds is 2. The van der Waals surface area contributed by atoms with Gasteiger partial charge in [-0.05, 0) is 37.0 Å². The van der Waals surface area contributed by atoms with Gasteiger partial charge in [0.15, 0.2) is 0 Å². The monoisotopic (exact) mass is 269 g/mol. The first-order chi connectivity index (χ1) is 8.61. The highest BCUT2D eigenvalue weighted by atomic mass is 35.5. The van der Waals surface area contributed by atoms with Crippen molar-refractivity contribution in [2.45, 2.75) is 12.8 Å². The smallest absolute Gasteiger partial charge is 0.257 e. The lowest BCUT2D eigenvalue weighted by Crippen LogP contribution is -2.38. The number of amides is 1. The Morgan fingerprint density at radius 1 is 1.33 bits per heavy atom. The number of likely N-dealkylation sites (tertiary alicyclic amines) is 1. The van der Waals surface area contributed by atoms with Gasteiger partial charge in [-0.25, -0.2) is 0 Å². The summed E-state index contributed by atoms with van der Waals surface area (Å²) < 4.78 is 0. The van der Waals surface area contributed by atoms with Crippen LogP contribution in [0, 0.1) is 5.92 Å². The molecule has 0 spiro atoms. The Kier molecular flexibility index (Phi) is 3.97. The molecular weight excluding hydrogens is 254 g/mol. The van der Waals surface area contributed by atoms with Gasteiger partial charge in [-0.2, -0.15) is 0 Å². The maximum atomic E-state index is 12.2. The molecule has 1 amide bonds. The second-order valence-corrected chi connectivity index (χ2v) is 4.90. The van der Waals surface area contributed by atoms with Crippen LogP contribution in [0.1, 0.15) is 23.2 Å². The second kappa shape index (κ2) is 5.48. The van der Waals surface area contributed by atoms with E-state index in [1.807, 2.05) is 0 Å². The number of carbonyl (C=O) groups excluding carboxylic acids is 1. The molecule has 4 nitrogen and oxygen atoms in total. The van der Waals surface area contributed by atoms with Gasteiger partial charge in [0.05, 0.1) is 5.56 Å². The summed E-state index contributed by atoms with van der Waals surface area (Å²) in [4.78, 5) is 13.9. The fraction of sp³-hybridized carbons (Fsp3) is 0.462. The lowest BCUT2D eigenvalue weighted by molar-refractivity contribution is 0.0695. The van der Waals surface area contributed by atoms with E-state index in [1.165, 1.54) is 18.2 Å². The number of piperidine rings is 1. The Labute approximate surface area is 111 Å². The molecule has 0 atom stereocenters. The van der Waals surface area contributed by atoms with Gasteiger partial charge in [-0.1, -0.05) is 0 Å². The van der Waals surface area contributed by atoms with Crippen molar-refractivity contribution in [1.29, 1.82) is 0 Å². The molecule has 5 heteroatoms. The van der Waals surface area contributed by atoms with Gasteiger partial charge in [-0.15, -0.1) is 11.6 Å². The van der Waals surface area contributed by atoms with Gasteiger partial charge in [0, 0.05) is 19.0 Å². The molecule has 0 radical (unpaired) electrons. The average Bonchev–Trinajstić information content (AvgIpc) is 2.41. The molecule has 0 aliphatic carbocycles. The van der Waals surface area contributed by atoms with Crippen molar-refractivity contribution in [3.05, 3.63) is 23.8 Å². The number of nitrogens with zero attached hydrogens (tertiary/aromatic N) is 1. The van der Waals surface area contributed by atoms with Crippen molar-refractivity contribution in [3.8, 4) is 11.5 Å². The van der Waals surface area contributed by atoms with Gasteiger partial charge in [0.2, 0.25) is 0 Å². The molecule has 1 aromatic carbocycles. The van der Waals surface area contributed by atoms with E-state index >= 15 is 0 Å². The first-order valence-electron chi connectivity index (χ1n) is 5.99. The fourth-order valence-electron chi connectivity index (χ4n) is 2.16. The van der Waals surface area contributed by atoms with Crippen LogP contribution in [-0.2, 0) is 0 Å². The molecule has 2 rings (SSSR count). The third-order valence-electron chi connectivity index (χ3n) is 3.33. The molecule has 1 aliphatic rings. The van der Waals surface area contributed by atoms with Crippen LogP contribution in [0.3, 0.4) is 0 Å². The number of alkyl halides is 1. The fourth-order valence-corrected chi connectivity index (χ4v) is 2.46. The molecule has 2 N–H and O–H groups in total. The topological polar surface area (TPSA) is 60.8 Å². The Morgan fingerprint density at radius 3 is 2.61 bits per heavy atom. The molecule has 0 unspecified atom stereocenters. The summed E-state index contributed by atoms with van der Waals surface area (Å²) in [6.07, 6.45) is 1.77. The van der Waals surface area contributed by atoms with Crippen LogP contribution < -0.4 is 0 Å². The van der Waals surface area contributed by atoms with Crippen molar-refractivity contribution in [3.63, 3.8) is 0 Å². The molecule has 0 saturated carbocycles. The predicted molar refractivity (Wildman–Crippen MR) is 69.1 cm³/mol. The summed E-state index contributed by atoms with van der Waals surface area (Å²) in [5.74, 6) is 0.730. The van der Waals surface area contributed by atoms with Gasteiger partial charge in [0.1, 0.15) is 11.5 Å². The van der Waals surface area contributed by atoms with Crippen molar-refractivity contribution in [2.75, 3.05) is 19.0 Å². The minimum Gasteiger partial charge on any atom is -0.508 e. The van der Waals surface area contributed by atoms with Gasteiger partial charge < -0.3 is 15.1 Å². The van der Waals surface area contributed by atoms with E-state index < -0.39 is 0 Å². The lowest BCUT2D eigenvalue weighted by atomic mass is 9.98. The summed E-state index contributed by atoms with van der Waals surface area (Å²) in [7, 11) is 0. The number of halogens is 1. The normalized spacial score (nSPS) is 16.8. The predicted octanol–water partition coefficient (Wildman–Crippen LogP) is 2.19. The minimum atomic E-state index is -0.239. The number of carbonyl (C=O) groups is 1. The molecule has 1 aliphatic heterocycles. The average molecular weight is 270 g/mol. The number of benzene rings is 1. The maximum Gasteiger partial charge on any atom is 0.257 e. The maximum absolute atomic E-state index is 12.2. The summed E-state index contributed by atoms with van der Waals surface area (Å²) in [6, 6.07) is 3.98. The van der Waals surface area contributed by atoms with Crippen LogP contribution in [0.25, 0.3) is 0 Å². The van der Waals surface area contributed by atoms with Gasteiger partial charge in [0.25, 0.3) is 5.91 Å². The van der Waals surface area contributed by atoms with Crippen LogP contribution in [0.4, 0.5) is 0 Å². The Morgan fingerprint density at radius 2 is 2.00 bits per heavy atom. The first-order valence-corrected chi connectivity index (χ1v) is 6.52. The zero-order valence-electron chi connectivity index (χ0n) is 9.97. The highest BCUT2D eigenvalue weighted by Crippen LogP contribution is 2.26. The van der Waals surface area contributed by atoms with E-state index in [0.717, 1.165) is 12.8 Å². The Bertz CT molecular complexity index is 442. The van der Waals surface area contributed by atoms with Gasteiger partial charge >= 0.3 is 0 Å².